The summed E-state index contributed by atoms with van der Waals surface area (Å²) in [5.74, 6) is -1.42. The highest BCUT2D eigenvalue weighted by molar-refractivity contribution is 5.66. The van der Waals surface area contributed by atoms with E-state index in [1.165, 1.54) is 4.90 Å². The van der Waals surface area contributed by atoms with Crippen molar-refractivity contribution >= 4 is 11.9 Å². The van der Waals surface area contributed by atoms with Gasteiger partial charge in [0.25, 0.3) is 0 Å². The Morgan fingerprint density at radius 3 is 2.78 bits per heavy atom. The average molecular weight is 257 g/mol. The van der Waals surface area contributed by atoms with Crippen LogP contribution in [0.1, 0.15) is 6.92 Å². The molecule has 1 aromatic heterocycles. The molecule has 18 heavy (non-hydrogen) atoms. The number of rotatable bonds is 1. The van der Waals surface area contributed by atoms with Crippen molar-refractivity contribution in [3.8, 4) is 0 Å². The molecule has 5 nitrogen and oxygen atoms in total. The van der Waals surface area contributed by atoms with Gasteiger partial charge in [-0.05, 0) is 19.1 Å². The molecule has 2 rings (SSSR count). The van der Waals surface area contributed by atoms with Gasteiger partial charge in [0.1, 0.15) is 0 Å². The van der Waals surface area contributed by atoms with E-state index < -0.39 is 17.9 Å². The van der Waals surface area contributed by atoms with Gasteiger partial charge in [-0.3, -0.25) is 0 Å². The molecule has 1 amide bonds. The van der Waals surface area contributed by atoms with Crippen LogP contribution >= 0.6 is 0 Å². The number of anilines is 1. The van der Waals surface area contributed by atoms with Crippen LogP contribution in [-0.2, 0) is 0 Å². The number of carbonyl (C=O) groups is 1. The molecule has 1 aliphatic heterocycles. The topological polar surface area (TPSA) is 56.7 Å². The Morgan fingerprint density at radius 2 is 2.17 bits per heavy atom. The summed E-state index contributed by atoms with van der Waals surface area (Å²) in [5.41, 5.74) is 0. The zero-order valence-corrected chi connectivity index (χ0v) is 9.81. The lowest BCUT2D eigenvalue weighted by Crippen LogP contribution is -2.54. The minimum absolute atomic E-state index is 0.0631. The lowest BCUT2D eigenvalue weighted by molar-refractivity contribution is 0.122. The minimum atomic E-state index is -1.00. The van der Waals surface area contributed by atoms with Crippen molar-refractivity contribution in [1.82, 2.24) is 9.88 Å². The quantitative estimate of drug-likeness (QED) is 0.775. The number of piperazine rings is 1. The number of carboxylic acid groups (broad SMARTS) is 1. The first-order valence-corrected chi connectivity index (χ1v) is 5.55. The van der Waals surface area contributed by atoms with Gasteiger partial charge in [0.2, 0.25) is 5.95 Å². The van der Waals surface area contributed by atoms with E-state index in [2.05, 4.69) is 4.98 Å². The van der Waals surface area contributed by atoms with Crippen LogP contribution in [0, 0.1) is 11.8 Å². The van der Waals surface area contributed by atoms with Gasteiger partial charge < -0.3 is 14.9 Å². The molecular formula is C11H13F2N3O2. The molecule has 1 fully saturated rings. The van der Waals surface area contributed by atoms with Crippen LogP contribution in [-0.4, -0.2) is 46.8 Å². The van der Waals surface area contributed by atoms with E-state index in [0.717, 1.165) is 12.1 Å². The molecule has 0 saturated carbocycles. The van der Waals surface area contributed by atoms with Gasteiger partial charge in [0.15, 0.2) is 11.6 Å². The Hall–Kier alpha value is -1.92. The van der Waals surface area contributed by atoms with E-state index in [-0.39, 0.29) is 18.4 Å². The van der Waals surface area contributed by atoms with Gasteiger partial charge in [-0.15, -0.1) is 0 Å². The Morgan fingerprint density at radius 1 is 1.44 bits per heavy atom. The van der Waals surface area contributed by atoms with Crippen LogP contribution < -0.4 is 4.90 Å². The third-order valence-electron chi connectivity index (χ3n) is 2.97. The first kappa shape index (κ1) is 12.5. The zero-order valence-electron chi connectivity index (χ0n) is 9.81. The van der Waals surface area contributed by atoms with Crippen molar-refractivity contribution in [1.29, 1.82) is 0 Å². The molecule has 1 atom stereocenters. The Balaban J connectivity index is 2.17. The highest BCUT2D eigenvalue weighted by atomic mass is 19.1. The van der Waals surface area contributed by atoms with E-state index in [1.807, 2.05) is 0 Å². The van der Waals surface area contributed by atoms with Crippen molar-refractivity contribution in [3.05, 3.63) is 23.9 Å². The first-order valence-electron chi connectivity index (χ1n) is 5.55. The predicted octanol–water partition coefficient (Wildman–Crippen LogP) is 1.55. The van der Waals surface area contributed by atoms with Crippen LogP contribution in [0.4, 0.5) is 19.4 Å². The molecule has 0 spiro atoms. The first-order chi connectivity index (χ1) is 8.49. The van der Waals surface area contributed by atoms with Gasteiger partial charge in [-0.2, -0.15) is 9.37 Å². The lowest BCUT2D eigenvalue weighted by atomic mass is 10.2. The van der Waals surface area contributed by atoms with Crippen molar-refractivity contribution in [3.63, 3.8) is 0 Å². The molecule has 7 heteroatoms. The number of hydrogen-bond acceptors (Lipinski definition) is 3. The van der Waals surface area contributed by atoms with Crippen LogP contribution in [0.5, 0.6) is 0 Å². The Labute approximate surface area is 103 Å². The summed E-state index contributed by atoms with van der Waals surface area (Å²) in [5, 5.41) is 8.92. The number of amides is 1. The fraction of sp³-hybridized carbons (Fsp3) is 0.455. The number of pyridine rings is 1. The molecule has 1 N–H and O–H groups in total. The predicted molar refractivity (Wildman–Crippen MR) is 60.6 cm³/mol. The molecule has 1 saturated heterocycles. The summed E-state index contributed by atoms with van der Waals surface area (Å²) >= 11 is 0. The smallest absolute Gasteiger partial charge is 0.407 e. The van der Waals surface area contributed by atoms with Crippen LogP contribution in [0.3, 0.4) is 0 Å². The van der Waals surface area contributed by atoms with Crippen molar-refractivity contribution in [2.24, 2.45) is 0 Å². The molecule has 1 unspecified atom stereocenters. The monoisotopic (exact) mass is 257 g/mol. The van der Waals surface area contributed by atoms with Crippen molar-refractivity contribution < 1.29 is 18.7 Å². The maximum absolute atomic E-state index is 13.5. The molecule has 2 heterocycles. The van der Waals surface area contributed by atoms with Gasteiger partial charge in [0.05, 0.1) is 0 Å². The summed E-state index contributed by atoms with van der Waals surface area (Å²) in [7, 11) is 0. The highest BCUT2D eigenvalue weighted by Gasteiger charge is 2.29. The maximum atomic E-state index is 13.5. The molecular weight excluding hydrogens is 244 g/mol. The number of hydrogen-bond donors (Lipinski definition) is 1. The maximum Gasteiger partial charge on any atom is 0.407 e. The second kappa shape index (κ2) is 4.75. The lowest BCUT2D eigenvalue weighted by Gasteiger charge is -2.38. The molecule has 0 aromatic carbocycles. The normalized spacial score (nSPS) is 20.1. The number of nitrogens with zero attached hydrogens (tertiary/aromatic N) is 3. The summed E-state index contributed by atoms with van der Waals surface area (Å²) < 4.78 is 26.5. The molecule has 0 bridgehead atoms. The highest BCUT2D eigenvalue weighted by Crippen LogP contribution is 2.20. The van der Waals surface area contributed by atoms with Gasteiger partial charge in [0, 0.05) is 25.7 Å². The molecule has 1 aliphatic rings. The molecule has 0 radical (unpaired) electrons. The van der Waals surface area contributed by atoms with Crippen molar-refractivity contribution in [2.75, 3.05) is 24.5 Å². The SMILES string of the molecule is CC1CN(c2nc(F)ccc2F)CCN1C(=O)O. The van der Waals surface area contributed by atoms with Gasteiger partial charge in [-0.1, -0.05) is 0 Å². The van der Waals surface area contributed by atoms with E-state index in [0.29, 0.717) is 13.1 Å². The fourth-order valence-electron chi connectivity index (χ4n) is 2.06. The third kappa shape index (κ3) is 2.34. The second-order valence-electron chi connectivity index (χ2n) is 4.21. The molecule has 98 valence electrons. The van der Waals surface area contributed by atoms with E-state index >= 15 is 0 Å². The Bertz CT molecular complexity index is 470. The number of aromatic nitrogens is 1. The van der Waals surface area contributed by atoms with Gasteiger partial charge in [-0.25, -0.2) is 9.18 Å². The van der Waals surface area contributed by atoms with Crippen LogP contribution in [0.2, 0.25) is 0 Å². The van der Waals surface area contributed by atoms with Crippen molar-refractivity contribution in [2.45, 2.75) is 13.0 Å². The summed E-state index contributed by atoms with van der Waals surface area (Å²) in [6.07, 6.45) is -1.00. The van der Waals surface area contributed by atoms with E-state index in [1.54, 1.807) is 11.8 Å². The van der Waals surface area contributed by atoms with Crippen LogP contribution in [0.15, 0.2) is 12.1 Å². The van der Waals surface area contributed by atoms with Crippen LogP contribution in [0.25, 0.3) is 0 Å². The molecule has 1 aromatic rings. The summed E-state index contributed by atoms with van der Waals surface area (Å²) in [6, 6.07) is 1.68. The second-order valence-corrected chi connectivity index (χ2v) is 4.21. The van der Waals surface area contributed by atoms with E-state index in [9.17, 15) is 13.6 Å². The molecule has 0 aliphatic carbocycles. The van der Waals surface area contributed by atoms with Gasteiger partial charge >= 0.3 is 6.09 Å². The minimum Gasteiger partial charge on any atom is -0.465 e. The fourth-order valence-corrected chi connectivity index (χ4v) is 2.06. The Kier molecular flexibility index (Phi) is 3.31. The van der Waals surface area contributed by atoms with E-state index in [4.69, 9.17) is 5.11 Å². The summed E-state index contributed by atoms with van der Waals surface area (Å²) in [4.78, 5) is 17.2. The summed E-state index contributed by atoms with van der Waals surface area (Å²) in [6.45, 7) is 2.55. The third-order valence-corrected chi connectivity index (χ3v) is 2.97. The standard InChI is InChI=1S/C11H13F2N3O2/c1-7-6-15(4-5-16(7)11(17)18)10-8(12)2-3-9(13)14-10/h2-3,7H,4-6H2,1H3,(H,17,18). The number of halogens is 2. The zero-order chi connectivity index (χ0) is 13.3. The average Bonchev–Trinajstić information content (AvgIpc) is 2.31. The largest absolute Gasteiger partial charge is 0.465 e.